The smallest absolute Gasteiger partial charge is 0.412 e. The van der Waals surface area contributed by atoms with Crippen LogP contribution in [0.5, 0.6) is 0 Å². The number of carbonyl (C=O) groups excluding carboxylic acids is 1. The maximum absolute atomic E-state index is 11.4. The second-order valence-electron chi connectivity index (χ2n) is 4.30. The van der Waals surface area contributed by atoms with Gasteiger partial charge in [0.15, 0.2) is 0 Å². The average molecular weight is 224 g/mol. The second-order valence-corrected chi connectivity index (χ2v) is 4.30. The van der Waals surface area contributed by atoms with Gasteiger partial charge in [-0.1, -0.05) is 6.58 Å². The number of amides is 1. The van der Waals surface area contributed by atoms with Crippen LogP contribution in [0.15, 0.2) is 29.4 Å². The number of hydrogen-bond donors (Lipinski definition) is 1. The number of allylic oxidation sites excluding steroid dienone is 2. The Hall–Kier alpha value is -1.58. The third-order valence-corrected chi connectivity index (χ3v) is 1.58. The molecular weight excluding hydrogens is 204 g/mol. The summed E-state index contributed by atoms with van der Waals surface area (Å²) in [7, 11) is 1.68. The van der Waals surface area contributed by atoms with Crippen molar-refractivity contribution in [3.8, 4) is 0 Å². The maximum Gasteiger partial charge on any atom is 0.412 e. The highest BCUT2D eigenvalue weighted by atomic mass is 16.6. The fourth-order valence-electron chi connectivity index (χ4n) is 0.857. The number of alkyl carbamates (subject to hydrolysis) is 1. The van der Waals surface area contributed by atoms with Gasteiger partial charge >= 0.3 is 6.09 Å². The van der Waals surface area contributed by atoms with Crippen LogP contribution in [0.3, 0.4) is 0 Å². The number of rotatable bonds is 3. The molecule has 0 aromatic heterocycles. The summed E-state index contributed by atoms with van der Waals surface area (Å²) in [6.45, 7) is 10.9. The summed E-state index contributed by atoms with van der Waals surface area (Å²) >= 11 is 0. The lowest BCUT2D eigenvalue weighted by Crippen LogP contribution is -2.31. The molecule has 0 saturated heterocycles. The van der Waals surface area contributed by atoms with Gasteiger partial charge in [-0.3, -0.25) is 10.3 Å². The molecule has 90 valence electrons. The summed E-state index contributed by atoms with van der Waals surface area (Å²) in [5.74, 6) is 0. The van der Waals surface area contributed by atoms with E-state index in [2.05, 4.69) is 16.9 Å². The first-order valence-electron chi connectivity index (χ1n) is 5.06. The molecule has 0 aliphatic heterocycles. The minimum absolute atomic E-state index is 0.498. The monoisotopic (exact) mass is 224 g/mol. The third kappa shape index (κ3) is 6.81. The van der Waals surface area contributed by atoms with Crippen molar-refractivity contribution in [3.05, 3.63) is 24.4 Å². The summed E-state index contributed by atoms with van der Waals surface area (Å²) in [4.78, 5) is 15.4. The Morgan fingerprint density at radius 1 is 1.44 bits per heavy atom. The van der Waals surface area contributed by atoms with Gasteiger partial charge in [-0.05, 0) is 39.8 Å². The largest absolute Gasteiger partial charge is 0.444 e. The lowest BCUT2D eigenvalue weighted by Gasteiger charge is -2.19. The van der Waals surface area contributed by atoms with Crippen molar-refractivity contribution in [1.29, 1.82) is 0 Å². The van der Waals surface area contributed by atoms with E-state index < -0.39 is 11.7 Å². The summed E-state index contributed by atoms with van der Waals surface area (Å²) in [5.41, 5.74) is 0.855. The number of carbonyl (C=O) groups is 1. The Bertz CT molecular complexity index is 322. The van der Waals surface area contributed by atoms with Crippen molar-refractivity contribution in [2.45, 2.75) is 33.3 Å². The first-order chi connectivity index (χ1) is 7.28. The molecule has 0 atom stereocenters. The van der Waals surface area contributed by atoms with Gasteiger partial charge in [0.25, 0.3) is 0 Å². The zero-order valence-electron chi connectivity index (χ0n) is 10.6. The summed E-state index contributed by atoms with van der Waals surface area (Å²) < 4.78 is 5.11. The number of nitrogens with one attached hydrogen (secondary N) is 1. The molecule has 16 heavy (non-hydrogen) atoms. The highest BCUT2D eigenvalue weighted by molar-refractivity contribution is 5.94. The lowest BCUT2D eigenvalue weighted by molar-refractivity contribution is 0.0548. The van der Waals surface area contributed by atoms with Crippen LogP contribution in [0.1, 0.15) is 27.7 Å². The average Bonchev–Trinajstić information content (AvgIpc) is 2.13. The first-order valence-corrected chi connectivity index (χ1v) is 5.06. The Balaban J connectivity index is 4.52. The quantitative estimate of drug-likeness (QED) is 0.592. The fourth-order valence-corrected chi connectivity index (χ4v) is 0.857. The SMILES string of the molecule is C=C/C(=C\C(C)=NC)NC(=O)OC(C)(C)C. The lowest BCUT2D eigenvalue weighted by atomic mass is 10.2. The van der Waals surface area contributed by atoms with Gasteiger partial charge in [-0.25, -0.2) is 4.79 Å². The molecule has 0 unspecified atom stereocenters. The van der Waals surface area contributed by atoms with Crippen LogP contribution in [-0.2, 0) is 4.74 Å². The molecule has 0 saturated carbocycles. The van der Waals surface area contributed by atoms with E-state index in [9.17, 15) is 4.79 Å². The van der Waals surface area contributed by atoms with Gasteiger partial charge in [-0.15, -0.1) is 0 Å². The van der Waals surface area contributed by atoms with Crippen LogP contribution in [0.25, 0.3) is 0 Å². The van der Waals surface area contributed by atoms with E-state index in [1.54, 1.807) is 19.2 Å². The zero-order chi connectivity index (χ0) is 12.8. The minimum atomic E-state index is -0.510. The molecule has 1 amide bonds. The molecule has 0 radical (unpaired) electrons. The number of hydrogen-bond acceptors (Lipinski definition) is 3. The molecule has 0 heterocycles. The van der Waals surface area contributed by atoms with E-state index >= 15 is 0 Å². The molecule has 0 fully saturated rings. The fraction of sp³-hybridized carbons (Fsp3) is 0.500. The molecule has 0 spiro atoms. The van der Waals surface area contributed by atoms with Gasteiger partial charge in [0.05, 0.1) is 0 Å². The van der Waals surface area contributed by atoms with Crippen molar-refractivity contribution in [2.75, 3.05) is 7.05 Å². The van der Waals surface area contributed by atoms with Crippen LogP contribution in [0.4, 0.5) is 4.79 Å². The zero-order valence-corrected chi connectivity index (χ0v) is 10.6. The first kappa shape index (κ1) is 14.4. The molecule has 0 aromatic carbocycles. The van der Waals surface area contributed by atoms with E-state index in [0.717, 1.165) is 5.71 Å². The number of ether oxygens (including phenoxy) is 1. The predicted octanol–water partition coefficient (Wildman–Crippen LogP) is 2.67. The van der Waals surface area contributed by atoms with E-state index in [0.29, 0.717) is 5.70 Å². The Labute approximate surface area is 97.1 Å². The maximum atomic E-state index is 11.4. The van der Waals surface area contributed by atoms with Gasteiger partial charge in [0.1, 0.15) is 5.60 Å². The van der Waals surface area contributed by atoms with Crippen molar-refractivity contribution in [3.63, 3.8) is 0 Å². The highest BCUT2D eigenvalue weighted by Crippen LogP contribution is 2.07. The van der Waals surface area contributed by atoms with Crippen LogP contribution < -0.4 is 5.32 Å². The normalized spacial score (nSPS) is 13.3. The van der Waals surface area contributed by atoms with Gasteiger partial charge in [0.2, 0.25) is 0 Å². The van der Waals surface area contributed by atoms with E-state index in [-0.39, 0.29) is 0 Å². The van der Waals surface area contributed by atoms with E-state index in [1.807, 2.05) is 27.7 Å². The minimum Gasteiger partial charge on any atom is -0.444 e. The van der Waals surface area contributed by atoms with Crippen LogP contribution in [0.2, 0.25) is 0 Å². The van der Waals surface area contributed by atoms with E-state index in [4.69, 9.17) is 4.74 Å². The molecular formula is C12H20N2O2. The molecule has 0 aliphatic rings. The van der Waals surface area contributed by atoms with Crippen LogP contribution in [-0.4, -0.2) is 24.5 Å². The molecule has 1 N–H and O–H groups in total. The molecule has 0 aliphatic carbocycles. The summed E-state index contributed by atoms with van der Waals surface area (Å²) in [5, 5.41) is 2.59. The highest BCUT2D eigenvalue weighted by Gasteiger charge is 2.16. The molecule has 0 rings (SSSR count). The van der Waals surface area contributed by atoms with Crippen molar-refractivity contribution >= 4 is 11.8 Å². The number of nitrogens with zero attached hydrogens (tertiary/aromatic N) is 1. The number of aliphatic imine (C=N–C) groups is 1. The van der Waals surface area contributed by atoms with Gasteiger partial charge < -0.3 is 4.74 Å². The van der Waals surface area contributed by atoms with E-state index in [1.165, 1.54) is 0 Å². The standard InChI is InChI=1S/C12H20N2O2/c1-7-10(8-9(2)13-6)14-11(15)16-12(3,4)5/h7-8H,1H2,2-6H3,(H,14,15)/b10-8+,13-9?. The molecule has 4 heteroatoms. The van der Waals surface area contributed by atoms with Gasteiger partial charge in [0, 0.05) is 18.5 Å². The molecule has 0 bridgehead atoms. The van der Waals surface area contributed by atoms with Crippen LogP contribution >= 0.6 is 0 Å². The Morgan fingerprint density at radius 2 is 2.00 bits per heavy atom. The van der Waals surface area contributed by atoms with Crippen molar-refractivity contribution in [1.82, 2.24) is 5.32 Å². The topological polar surface area (TPSA) is 50.7 Å². The second kappa shape index (κ2) is 6.10. The predicted molar refractivity (Wildman–Crippen MR) is 66.7 cm³/mol. The van der Waals surface area contributed by atoms with Crippen LogP contribution in [0, 0.1) is 0 Å². The third-order valence-electron chi connectivity index (χ3n) is 1.58. The Kier molecular flexibility index (Phi) is 5.50. The van der Waals surface area contributed by atoms with Crippen molar-refractivity contribution < 1.29 is 9.53 Å². The van der Waals surface area contributed by atoms with Crippen molar-refractivity contribution in [2.24, 2.45) is 4.99 Å². The molecule has 0 aromatic rings. The van der Waals surface area contributed by atoms with Gasteiger partial charge in [-0.2, -0.15) is 0 Å². The summed E-state index contributed by atoms with van der Waals surface area (Å²) in [6, 6.07) is 0. The molecule has 4 nitrogen and oxygen atoms in total. The summed E-state index contributed by atoms with van der Waals surface area (Å²) in [6.07, 6.45) is 2.76. The Morgan fingerprint density at radius 3 is 2.38 bits per heavy atom.